The maximum Gasteiger partial charge on any atom is 0.422 e. The molecule has 10 nitrogen and oxygen atoms in total. The number of hydrogen-bond acceptors (Lipinski definition) is 7. The maximum absolute atomic E-state index is 14.6. The molecule has 3 heterocycles. The van der Waals surface area contributed by atoms with Crippen molar-refractivity contribution >= 4 is 27.5 Å². The van der Waals surface area contributed by atoms with E-state index in [1.165, 1.54) is 24.4 Å². The third-order valence-corrected chi connectivity index (χ3v) is 6.48. The Kier molecular flexibility index (Phi) is 7.29. The van der Waals surface area contributed by atoms with E-state index in [0.29, 0.717) is 0 Å². The molecule has 0 saturated carbocycles. The van der Waals surface area contributed by atoms with Gasteiger partial charge < -0.3 is 15.4 Å². The highest BCUT2D eigenvalue weighted by molar-refractivity contribution is 7.91. The first-order valence-electron chi connectivity index (χ1n) is 11.2. The van der Waals surface area contributed by atoms with Gasteiger partial charge in [-0.15, -0.1) is 0 Å². The molecule has 1 atom stereocenters. The minimum atomic E-state index is -5.12. The van der Waals surface area contributed by atoms with E-state index in [-0.39, 0.29) is 11.6 Å². The monoisotopic (exact) mass is 591 g/mol. The molecule has 0 bridgehead atoms. The van der Waals surface area contributed by atoms with Gasteiger partial charge in [0.25, 0.3) is 5.91 Å². The van der Waals surface area contributed by atoms with Crippen molar-refractivity contribution in [3.63, 3.8) is 0 Å². The number of nitrogens with zero attached hydrogens (tertiary/aromatic N) is 3. The number of pyridine rings is 1. The summed E-state index contributed by atoms with van der Waals surface area (Å²) in [6.07, 6.45) is -8.65. The quantitative estimate of drug-likeness (QED) is 0.404. The summed E-state index contributed by atoms with van der Waals surface area (Å²) in [6, 6.07) is 7.97. The smallest absolute Gasteiger partial charge is 0.422 e. The number of halogens is 6. The predicted molar refractivity (Wildman–Crippen MR) is 127 cm³/mol. The fourth-order valence-electron chi connectivity index (χ4n) is 4.05. The minimum absolute atomic E-state index is 0.00290. The lowest BCUT2D eigenvalue weighted by molar-refractivity contribution is -0.198. The molecule has 2 N–H and O–H groups in total. The number of nitrogens with one attached hydrogen (secondary N) is 2. The van der Waals surface area contributed by atoms with E-state index >= 15 is 0 Å². The molecule has 17 heteroatoms. The van der Waals surface area contributed by atoms with Crippen LogP contribution in [0, 0.1) is 0 Å². The first-order valence-corrected chi connectivity index (χ1v) is 13.3. The summed E-state index contributed by atoms with van der Waals surface area (Å²) < 4.78 is 110. The highest BCUT2D eigenvalue weighted by Gasteiger charge is 2.60. The van der Waals surface area contributed by atoms with Gasteiger partial charge in [0.1, 0.15) is 17.1 Å². The third kappa shape index (κ3) is 6.03. The number of benzene rings is 1. The molecule has 1 aliphatic heterocycles. The molecule has 4 rings (SSSR count). The van der Waals surface area contributed by atoms with Crippen molar-refractivity contribution in [1.29, 1.82) is 0 Å². The Morgan fingerprint density at radius 1 is 1.12 bits per heavy atom. The molecule has 0 fully saturated rings. The number of sulfone groups is 1. The number of carbonyl (C=O) groups excluding carboxylic acids is 2. The van der Waals surface area contributed by atoms with E-state index in [2.05, 4.69) is 20.1 Å². The van der Waals surface area contributed by atoms with E-state index in [9.17, 15) is 44.3 Å². The number of aromatic nitrogens is 3. The summed E-state index contributed by atoms with van der Waals surface area (Å²) in [5.41, 5.74) is -4.43. The highest BCUT2D eigenvalue weighted by Crippen LogP contribution is 2.45. The van der Waals surface area contributed by atoms with Crippen LogP contribution in [0.2, 0.25) is 0 Å². The second kappa shape index (κ2) is 10.1. The van der Waals surface area contributed by atoms with E-state index < -0.39 is 81.0 Å². The van der Waals surface area contributed by atoms with Crippen LogP contribution in [0.3, 0.4) is 0 Å². The second-order valence-electron chi connectivity index (χ2n) is 8.85. The fraction of sp³-hybridized carbons (Fsp3) is 0.304. The van der Waals surface area contributed by atoms with E-state index in [1.807, 2.05) is 5.32 Å². The highest BCUT2D eigenvalue weighted by atomic mass is 32.2. The Hall–Kier alpha value is -4.15. The zero-order valence-corrected chi connectivity index (χ0v) is 21.1. The number of rotatable bonds is 7. The zero-order valence-electron chi connectivity index (χ0n) is 20.3. The molecule has 40 heavy (non-hydrogen) atoms. The van der Waals surface area contributed by atoms with E-state index in [1.54, 1.807) is 0 Å². The van der Waals surface area contributed by atoms with Crippen molar-refractivity contribution in [2.75, 3.05) is 23.9 Å². The van der Waals surface area contributed by atoms with Gasteiger partial charge >= 0.3 is 12.4 Å². The van der Waals surface area contributed by atoms with Crippen molar-refractivity contribution in [2.24, 2.45) is 0 Å². The fourth-order valence-corrected chi connectivity index (χ4v) is 4.60. The SMILES string of the molecule is CS(=O)(=O)CC(=O)Nc1c2c(nn1-c1ccccn1)C[C@](c1ccc(OCC(F)(F)F)cc1)(C(F)(F)F)NC2=O. The summed E-state index contributed by atoms with van der Waals surface area (Å²) in [6.45, 7) is -1.66. The lowest BCUT2D eigenvalue weighted by Gasteiger charge is -2.39. The van der Waals surface area contributed by atoms with Gasteiger partial charge in [-0.1, -0.05) is 18.2 Å². The molecule has 214 valence electrons. The zero-order chi connectivity index (χ0) is 29.5. The Morgan fingerprint density at radius 2 is 1.80 bits per heavy atom. The van der Waals surface area contributed by atoms with Crippen LogP contribution in [-0.2, 0) is 26.6 Å². The lowest BCUT2D eigenvalue weighted by atomic mass is 9.80. The first-order chi connectivity index (χ1) is 18.5. The Balaban J connectivity index is 1.79. The summed E-state index contributed by atoms with van der Waals surface area (Å²) in [5, 5.41) is 8.26. The van der Waals surface area contributed by atoms with Gasteiger partial charge in [-0.25, -0.2) is 13.4 Å². The number of alkyl halides is 6. The molecule has 3 aromatic rings. The summed E-state index contributed by atoms with van der Waals surface area (Å²) >= 11 is 0. The number of ether oxygens (including phenoxy) is 1. The summed E-state index contributed by atoms with van der Waals surface area (Å²) in [5.74, 6) is -4.09. The van der Waals surface area contributed by atoms with Gasteiger partial charge in [-0.3, -0.25) is 9.59 Å². The van der Waals surface area contributed by atoms with Crippen LogP contribution in [0.25, 0.3) is 5.82 Å². The van der Waals surface area contributed by atoms with Crippen molar-refractivity contribution < 1.29 is 49.1 Å². The molecule has 0 aliphatic carbocycles. The van der Waals surface area contributed by atoms with Gasteiger partial charge in [0.2, 0.25) is 5.91 Å². The van der Waals surface area contributed by atoms with Gasteiger partial charge in [-0.2, -0.15) is 36.1 Å². The molecule has 0 spiro atoms. The van der Waals surface area contributed by atoms with Gasteiger partial charge in [0.15, 0.2) is 33.6 Å². The van der Waals surface area contributed by atoms with Gasteiger partial charge in [0.05, 0.1) is 5.69 Å². The molecular weight excluding hydrogens is 572 g/mol. The molecule has 0 unspecified atom stereocenters. The molecule has 1 aromatic carbocycles. The topological polar surface area (TPSA) is 132 Å². The van der Waals surface area contributed by atoms with Crippen LogP contribution in [0.5, 0.6) is 5.75 Å². The van der Waals surface area contributed by atoms with Crippen LogP contribution in [0.4, 0.5) is 32.2 Å². The number of fused-ring (bicyclic) bond motifs is 1. The summed E-state index contributed by atoms with van der Waals surface area (Å²) in [7, 11) is -3.81. The molecule has 2 aromatic heterocycles. The standard InChI is InChI=1S/C23H19F6N5O5S/c1-40(37,38)11-17(35)31-19-18-15(33-34(19)16-4-2-3-9-30-16)10-21(23(27,28)29,32-20(18)36)13-5-7-14(8-6-13)39-12-22(24,25)26/h2-9H,10-12H2,1H3,(H,31,35)(H,32,36)/t21-/m0/s1. The van der Waals surface area contributed by atoms with Crippen LogP contribution in [-0.4, -0.2) is 66.0 Å². The van der Waals surface area contributed by atoms with Gasteiger partial charge in [0, 0.05) is 18.9 Å². The molecule has 0 saturated heterocycles. The van der Waals surface area contributed by atoms with Crippen LogP contribution < -0.4 is 15.4 Å². The normalized spacial score (nSPS) is 17.6. The van der Waals surface area contributed by atoms with Crippen molar-refractivity contribution in [3.8, 4) is 11.6 Å². The van der Waals surface area contributed by atoms with E-state index in [0.717, 1.165) is 35.2 Å². The average molecular weight is 591 g/mol. The molecule has 1 aliphatic rings. The molecule has 0 radical (unpaired) electrons. The lowest BCUT2D eigenvalue weighted by Crippen LogP contribution is -2.60. The average Bonchev–Trinajstić information content (AvgIpc) is 3.19. The van der Waals surface area contributed by atoms with Crippen LogP contribution in [0.1, 0.15) is 21.6 Å². The predicted octanol–water partition coefficient (Wildman–Crippen LogP) is 2.94. The van der Waals surface area contributed by atoms with E-state index in [4.69, 9.17) is 0 Å². The summed E-state index contributed by atoms with van der Waals surface area (Å²) in [4.78, 5) is 29.7. The van der Waals surface area contributed by atoms with Crippen molar-refractivity contribution in [2.45, 2.75) is 24.3 Å². The molecule has 2 amide bonds. The number of hydrogen-bond donors (Lipinski definition) is 2. The van der Waals surface area contributed by atoms with Crippen molar-refractivity contribution in [1.82, 2.24) is 20.1 Å². The van der Waals surface area contributed by atoms with Gasteiger partial charge in [-0.05, 0) is 29.8 Å². The number of carbonyl (C=O) groups is 2. The maximum atomic E-state index is 14.6. The van der Waals surface area contributed by atoms with Crippen LogP contribution in [0.15, 0.2) is 48.7 Å². The minimum Gasteiger partial charge on any atom is -0.484 e. The Morgan fingerprint density at radius 3 is 2.35 bits per heavy atom. The largest absolute Gasteiger partial charge is 0.484 e. The van der Waals surface area contributed by atoms with Crippen LogP contribution >= 0.6 is 0 Å². The van der Waals surface area contributed by atoms with Crippen molar-refractivity contribution in [3.05, 3.63) is 65.5 Å². The molecular formula is C23H19F6N5O5S. The second-order valence-corrected chi connectivity index (χ2v) is 11.0. The Labute approximate surface area is 222 Å². The number of anilines is 1. The number of amides is 2. The third-order valence-electron chi connectivity index (χ3n) is 5.70. The Bertz CT molecular complexity index is 1540. The first kappa shape index (κ1) is 28.8.